The molecule has 1 aliphatic heterocycles. The third-order valence-electron chi connectivity index (χ3n) is 2.15. The summed E-state index contributed by atoms with van der Waals surface area (Å²) in [5, 5.41) is 8.49. The van der Waals surface area contributed by atoms with Crippen molar-refractivity contribution < 1.29 is 18.3 Å². The van der Waals surface area contributed by atoms with Gasteiger partial charge in [-0.05, 0) is 13.0 Å². The van der Waals surface area contributed by atoms with Gasteiger partial charge in [-0.15, -0.1) is 0 Å². The van der Waals surface area contributed by atoms with Crippen molar-refractivity contribution in [3.8, 4) is 0 Å². The molecule has 0 radical (unpaired) electrons. The van der Waals surface area contributed by atoms with Gasteiger partial charge in [0.15, 0.2) is 0 Å². The molecule has 0 saturated carbocycles. The second-order valence-electron chi connectivity index (χ2n) is 3.05. The van der Waals surface area contributed by atoms with Gasteiger partial charge >= 0.3 is 6.18 Å². The lowest BCUT2D eigenvalue weighted by molar-refractivity contribution is -0.170. The van der Waals surface area contributed by atoms with Gasteiger partial charge in [-0.25, -0.2) is 0 Å². The second-order valence-corrected chi connectivity index (χ2v) is 3.05. The zero-order valence-corrected chi connectivity index (χ0v) is 6.64. The van der Waals surface area contributed by atoms with Crippen LogP contribution in [-0.4, -0.2) is 42.4 Å². The highest BCUT2D eigenvalue weighted by atomic mass is 19.4. The van der Waals surface area contributed by atoms with Crippen LogP contribution in [0.5, 0.6) is 0 Å². The first kappa shape index (κ1) is 9.80. The monoisotopic (exact) mass is 183 g/mol. The standard InChI is InChI=1S/C7H12F3NO/c8-7(9,10)6-1-2-11(5-6)3-4-12/h6,12H,1-5H2/t6-/m0/s1. The van der Waals surface area contributed by atoms with Crippen molar-refractivity contribution in [1.29, 1.82) is 0 Å². The first-order valence-electron chi connectivity index (χ1n) is 3.94. The van der Waals surface area contributed by atoms with Crippen LogP contribution in [-0.2, 0) is 0 Å². The molecule has 0 aromatic rings. The van der Waals surface area contributed by atoms with E-state index in [1.807, 2.05) is 0 Å². The van der Waals surface area contributed by atoms with Crippen LogP contribution < -0.4 is 0 Å². The number of hydrogen-bond acceptors (Lipinski definition) is 2. The molecule has 1 heterocycles. The molecule has 1 atom stereocenters. The molecular formula is C7H12F3NO. The molecule has 0 bridgehead atoms. The highest BCUT2D eigenvalue weighted by Crippen LogP contribution is 2.33. The Balaban J connectivity index is 2.35. The van der Waals surface area contributed by atoms with Gasteiger partial charge in [-0.3, -0.25) is 0 Å². The SMILES string of the molecule is OCCN1CC[C@H](C(F)(F)F)C1. The lowest BCUT2D eigenvalue weighted by Crippen LogP contribution is -2.29. The van der Waals surface area contributed by atoms with Crippen molar-refractivity contribution in [3.63, 3.8) is 0 Å². The molecule has 1 rings (SSSR count). The molecule has 72 valence electrons. The van der Waals surface area contributed by atoms with Crippen molar-refractivity contribution in [3.05, 3.63) is 0 Å². The minimum absolute atomic E-state index is 0.0457. The Hall–Kier alpha value is -0.290. The number of likely N-dealkylation sites (tertiary alicyclic amines) is 1. The lowest BCUT2D eigenvalue weighted by Gasteiger charge is -2.16. The van der Waals surface area contributed by atoms with Crippen LogP contribution in [0.2, 0.25) is 0 Å². The molecule has 12 heavy (non-hydrogen) atoms. The van der Waals surface area contributed by atoms with Gasteiger partial charge in [0.25, 0.3) is 0 Å². The van der Waals surface area contributed by atoms with Crippen LogP contribution in [0, 0.1) is 5.92 Å². The number of β-amino-alcohol motifs (C(OH)–C–C–N with tert-alkyl or cyclic N) is 1. The Labute approximate surface area is 69.0 Å². The molecule has 1 N–H and O–H groups in total. The largest absolute Gasteiger partial charge is 0.395 e. The Morgan fingerprint density at radius 2 is 2.08 bits per heavy atom. The fraction of sp³-hybridized carbons (Fsp3) is 1.00. The molecule has 2 nitrogen and oxygen atoms in total. The Morgan fingerprint density at radius 1 is 1.42 bits per heavy atom. The number of rotatable bonds is 2. The summed E-state index contributed by atoms with van der Waals surface area (Å²) in [6.07, 6.45) is -3.90. The lowest BCUT2D eigenvalue weighted by atomic mass is 10.1. The van der Waals surface area contributed by atoms with Gasteiger partial charge in [0.05, 0.1) is 12.5 Å². The maximum atomic E-state index is 12.1. The van der Waals surface area contributed by atoms with E-state index in [9.17, 15) is 13.2 Å². The van der Waals surface area contributed by atoms with E-state index in [2.05, 4.69) is 0 Å². The van der Waals surface area contributed by atoms with Gasteiger partial charge in [0.1, 0.15) is 0 Å². The van der Waals surface area contributed by atoms with E-state index < -0.39 is 12.1 Å². The van der Waals surface area contributed by atoms with E-state index in [4.69, 9.17) is 5.11 Å². The molecule has 0 aliphatic carbocycles. The van der Waals surface area contributed by atoms with E-state index >= 15 is 0 Å². The molecule has 0 spiro atoms. The van der Waals surface area contributed by atoms with Crippen LogP contribution >= 0.6 is 0 Å². The first-order chi connectivity index (χ1) is 5.54. The number of aliphatic hydroxyl groups excluding tert-OH is 1. The summed E-state index contributed by atoms with van der Waals surface area (Å²) >= 11 is 0. The van der Waals surface area contributed by atoms with Crippen molar-refractivity contribution >= 4 is 0 Å². The molecule has 0 amide bonds. The third-order valence-corrected chi connectivity index (χ3v) is 2.15. The topological polar surface area (TPSA) is 23.5 Å². The van der Waals surface area contributed by atoms with E-state index in [1.165, 1.54) is 0 Å². The van der Waals surface area contributed by atoms with Crippen molar-refractivity contribution in [1.82, 2.24) is 4.90 Å². The molecule has 1 saturated heterocycles. The summed E-state index contributed by atoms with van der Waals surface area (Å²) < 4.78 is 36.3. The van der Waals surface area contributed by atoms with Gasteiger partial charge < -0.3 is 10.0 Å². The van der Waals surface area contributed by atoms with E-state index in [1.54, 1.807) is 4.90 Å². The summed E-state index contributed by atoms with van der Waals surface area (Å²) in [6, 6.07) is 0. The van der Waals surface area contributed by atoms with Crippen LogP contribution in [0.15, 0.2) is 0 Å². The highest BCUT2D eigenvalue weighted by molar-refractivity contribution is 4.80. The molecule has 0 aromatic heterocycles. The zero-order chi connectivity index (χ0) is 9.19. The fourth-order valence-corrected chi connectivity index (χ4v) is 1.44. The number of halogens is 3. The van der Waals surface area contributed by atoms with Crippen LogP contribution in [0.3, 0.4) is 0 Å². The summed E-state index contributed by atoms with van der Waals surface area (Å²) in [5.41, 5.74) is 0. The van der Waals surface area contributed by atoms with Gasteiger partial charge in [0.2, 0.25) is 0 Å². The summed E-state index contributed by atoms with van der Waals surface area (Å²) in [7, 11) is 0. The summed E-state index contributed by atoms with van der Waals surface area (Å²) in [4.78, 5) is 1.64. The van der Waals surface area contributed by atoms with Crippen LogP contribution in [0.4, 0.5) is 13.2 Å². The highest BCUT2D eigenvalue weighted by Gasteiger charge is 2.43. The van der Waals surface area contributed by atoms with Crippen molar-refractivity contribution in [2.45, 2.75) is 12.6 Å². The molecule has 1 fully saturated rings. The average Bonchev–Trinajstić information content (AvgIpc) is 2.35. The quantitative estimate of drug-likeness (QED) is 0.686. The molecular weight excluding hydrogens is 171 g/mol. The number of hydrogen-bond donors (Lipinski definition) is 1. The van der Waals surface area contributed by atoms with Gasteiger partial charge in [-0.1, -0.05) is 0 Å². The third kappa shape index (κ3) is 2.35. The van der Waals surface area contributed by atoms with Crippen LogP contribution in [0.1, 0.15) is 6.42 Å². The maximum Gasteiger partial charge on any atom is 0.393 e. The Bertz CT molecular complexity index is 148. The zero-order valence-electron chi connectivity index (χ0n) is 6.64. The maximum absolute atomic E-state index is 12.1. The van der Waals surface area contributed by atoms with Crippen molar-refractivity contribution in [2.24, 2.45) is 5.92 Å². The Kier molecular flexibility index (Phi) is 2.95. The summed E-state index contributed by atoms with van der Waals surface area (Å²) in [5.74, 6) is -1.19. The van der Waals surface area contributed by atoms with Gasteiger partial charge in [0, 0.05) is 13.1 Å². The molecule has 1 aliphatic rings. The van der Waals surface area contributed by atoms with E-state index in [-0.39, 0.29) is 19.6 Å². The Morgan fingerprint density at radius 3 is 2.50 bits per heavy atom. The normalized spacial score (nSPS) is 26.5. The van der Waals surface area contributed by atoms with E-state index in [0.717, 1.165) is 0 Å². The van der Waals surface area contributed by atoms with Gasteiger partial charge in [-0.2, -0.15) is 13.2 Å². The average molecular weight is 183 g/mol. The second kappa shape index (κ2) is 3.62. The number of alkyl halides is 3. The number of nitrogens with zero attached hydrogens (tertiary/aromatic N) is 1. The predicted molar refractivity (Wildman–Crippen MR) is 37.7 cm³/mol. The predicted octanol–water partition coefficient (Wildman–Crippen LogP) is 0.863. The smallest absolute Gasteiger partial charge is 0.393 e. The fourth-order valence-electron chi connectivity index (χ4n) is 1.44. The molecule has 0 unspecified atom stereocenters. The van der Waals surface area contributed by atoms with E-state index in [0.29, 0.717) is 13.1 Å². The summed E-state index contributed by atoms with van der Waals surface area (Å²) in [6.45, 7) is 0.784. The number of aliphatic hydroxyl groups is 1. The van der Waals surface area contributed by atoms with Crippen molar-refractivity contribution in [2.75, 3.05) is 26.2 Å². The molecule has 5 heteroatoms. The minimum atomic E-state index is -4.07. The molecule has 0 aromatic carbocycles. The van der Waals surface area contributed by atoms with Crippen LogP contribution in [0.25, 0.3) is 0 Å². The first-order valence-corrected chi connectivity index (χ1v) is 3.94. The minimum Gasteiger partial charge on any atom is -0.395 e.